The van der Waals surface area contributed by atoms with Gasteiger partial charge in [0.15, 0.2) is 0 Å². The van der Waals surface area contributed by atoms with E-state index in [0.29, 0.717) is 12.0 Å². The maximum Gasteiger partial charge on any atom is 0.326 e. The number of carboxylic acid groups (broad SMARTS) is 1. The molecule has 0 fully saturated rings. The molecular formula is C13H16ClFN2O3. The van der Waals surface area contributed by atoms with Crippen LogP contribution in [0.25, 0.3) is 0 Å². The fourth-order valence-electron chi connectivity index (χ4n) is 1.71. The van der Waals surface area contributed by atoms with Crippen LogP contribution in [-0.2, 0) is 11.3 Å². The highest BCUT2D eigenvalue weighted by atomic mass is 35.5. The number of nitrogens with zero attached hydrogens (tertiary/aromatic N) is 1. The van der Waals surface area contributed by atoms with Crippen LogP contribution in [0.1, 0.15) is 18.9 Å². The summed E-state index contributed by atoms with van der Waals surface area (Å²) in [4.78, 5) is 23.9. The number of rotatable bonds is 5. The van der Waals surface area contributed by atoms with Gasteiger partial charge in [0, 0.05) is 13.6 Å². The minimum atomic E-state index is -1.06. The van der Waals surface area contributed by atoms with Crippen molar-refractivity contribution in [3.63, 3.8) is 0 Å². The highest BCUT2D eigenvalue weighted by molar-refractivity contribution is 6.30. The number of carbonyl (C=O) groups is 2. The molecule has 0 spiro atoms. The summed E-state index contributed by atoms with van der Waals surface area (Å²) in [6.07, 6.45) is 0.307. The average Bonchev–Trinajstić information content (AvgIpc) is 2.40. The molecule has 0 aliphatic carbocycles. The number of hydrogen-bond donors (Lipinski definition) is 2. The summed E-state index contributed by atoms with van der Waals surface area (Å²) in [5.41, 5.74) is 0.626. The molecule has 0 bridgehead atoms. The third kappa shape index (κ3) is 4.09. The van der Waals surface area contributed by atoms with E-state index in [0.717, 1.165) is 4.90 Å². The first-order chi connectivity index (χ1) is 9.36. The van der Waals surface area contributed by atoms with Gasteiger partial charge in [-0.3, -0.25) is 0 Å². The summed E-state index contributed by atoms with van der Waals surface area (Å²) in [7, 11) is 1.41. The number of benzene rings is 1. The fourth-order valence-corrected chi connectivity index (χ4v) is 1.91. The number of nitrogens with one attached hydrogen (secondary N) is 1. The largest absolute Gasteiger partial charge is 0.480 e. The molecule has 0 aliphatic heterocycles. The van der Waals surface area contributed by atoms with Crippen molar-refractivity contribution >= 4 is 23.6 Å². The number of urea groups is 1. The SMILES string of the molecule is CCC(C(=O)O)N(C)C(=O)NCc1ccc(F)c(Cl)c1. The first-order valence-electron chi connectivity index (χ1n) is 6.04. The minimum absolute atomic E-state index is 0.0259. The molecule has 1 atom stereocenters. The molecule has 7 heteroatoms. The lowest BCUT2D eigenvalue weighted by Crippen LogP contribution is -2.46. The second-order valence-electron chi connectivity index (χ2n) is 4.28. The maximum absolute atomic E-state index is 13.0. The molecular weight excluding hydrogens is 287 g/mol. The van der Waals surface area contributed by atoms with Gasteiger partial charge in [-0.05, 0) is 24.1 Å². The Bertz CT molecular complexity index is 510. The zero-order valence-electron chi connectivity index (χ0n) is 11.2. The predicted molar refractivity (Wildman–Crippen MR) is 73.1 cm³/mol. The van der Waals surface area contributed by atoms with Crippen LogP contribution >= 0.6 is 11.6 Å². The van der Waals surface area contributed by atoms with E-state index in [2.05, 4.69) is 5.32 Å². The van der Waals surface area contributed by atoms with Gasteiger partial charge in [-0.2, -0.15) is 0 Å². The van der Waals surface area contributed by atoms with E-state index in [9.17, 15) is 14.0 Å². The normalized spacial score (nSPS) is 11.8. The Kier molecular flexibility index (Phi) is 5.76. The van der Waals surface area contributed by atoms with E-state index in [1.807, 2.05) is 0 Å². The molecule has 1 aromatic carbocycles. The third-order valence-electron chi connectivity index (χ3n) is 2.89. The van der Waals surface area contributed by atoms with E-state index in [1.165, 1.54) is 25.2 Å². The van der Waals surface area contributed by atoms with Gasteiger partial charge in [-0.25, -0.2) is 14.0 Å². The van der Waals surface area contributed by atoms with Gasteiger partial charge in [0.25, 0.3) is 0 Å². The van der Waals surface area contributed by atoms with Gasteiger partial charge in [-0.1, -0.05) is 24.6 Å². The number of carboxylic acids is 1. The van der Waals surface area contributed by atoms with E-state index in [1.54, 1.807) is 6.92 Å². The molecule has 20 heavy (non-hydrogen) atoms. The van der Waals surface area contributed by atoms with Crippen molar-refractivity contribution in [3.8, 4) is 0 Å². The van der Waals surface area contributed by atoms with Gasteiger partial charge >= 0.3 is 12.0 Å². The summed E-state index contributed by atoms with van der Waals surface area (Å²) in [6.45, 7) is 1.82. The van der Waals surface area contributed by atoms with Crippen LogP contribution < -0.4 is 5.32 Å². The summed E-state index contributed by atoms with van der Waals surface area (Å²) in [6, 6.07) is 2.72. The van der Waals surface area contributed by atoms with Crippen LogP contribution in [0.3, 0.4) is 0 Å². The summed E-state index contributed by atoms with van der Waals surface area (Å²) >= 11 is 5.63. The molecule has 0 heterocycles. The van der Waals surface area contributed by atoms with Crippen LogP contribution in [-0.4, -0.2) is 35.1 Å². The Hall–Kier alpha value is -1.82. The molecule has 0 aliphatic rings. The van der Waals surface area contributed by atoms with Crippen molar-refractivity contribution in [2.75, 3.05) is 7.05 Å². The highest BCUT2D eigenvalue weighted by Gasteiger charge is 2.24. The van der Waals surface area contributed by atoms with Crippen LogP contribution in [0.5, 0.6) is 0 Å². The van der Waals surface area contributed by atoms with Crippen LogP contribution in [0.2, 0.25) is 5.02 Å². The molecule has 110 valence electrons. The van der Waals surface area contributed by atoms with Gasteiger partial charge in [0.1, 0.15) is 11.9 Å². The van der Waals surface area contributed by atoms with E-state index in [-0.39, 0.29) is 11.6 Å². The van der Waals surface area contributed by atoms with Crippen molar-refractivity contribution in [2.45, 2.75) is 25.9 Å². The Labute approximate surface area is 121 Å². The zero-order chi connectivity index (χ0) is 15.3. The lowest BCUT2D eigenvalue weighted by molar-refractivity contribution is -0.141. The van der Waals surface area contributed by atoms with Gasteiger partial charge < -0.3 is 15.3 Å². The number of likely N-dealkylation sites (N-methyl/N-ethyl adjacent to an activating group) is 1. The lowest BCUT2D eigenvalue weighted by Gasteiger charge is -2.24. The van der Waals surface area contributed by atoms with Crippen molar-refractivity contribution in [1.82, 2.24) is 10.2 Å². The van der Waals surface area contributed by atoms with Crippen LogP contribution in [0, 0.1) is 5.82 Å². The Morgan fingerprint density at radius 1 is 1.50 bits per heavy atom. The Morgan fingerprint density at radius 2 is 2.15 bits per heavy atom. The number of halogens is 2. The molecule has 5 nitrogen and oxygen atoms in total. The molecule has 2 amide bonds. The molecule has 1 unspecified atom stereocenters. The highest BCUT2D eigenvalue weighted by Crippen LogP contribution is 2.15. The summed E-state index contributed by atoms with van der Waals surface area (Å²) < 4.78 is 13.0. The maximum atomic E-state index is 13.0. The Morgan fingerprint density at radius 3 is 2.65 bits per heavy atom. The van der Waals surface area contributed by atoms with Crippen molar-refractivity contribution in [3.05, 3.63) is 34.6 Å². The van der Waals surface area contributed by atoms with Gasteiger partial charge in [0.05, 0.1) is 5.02 Å². The molecule has 0 saturated heterocycles. The van der Waals surface area contributed by atoms with Crippen molar-refractivity contribution in [2.24, 2.45) is 0 Å². The van der Waals surface area contributed by atoms with E-state index in [4.69, 9.17) is 16.7 Å². The van der Waals surface area contributed by atoms with E-state index >= 15 is 0 Å². The molecule has 0 aromatic heterocycles. The summed E-state index contributed by atoms with van der Waals surface area (Å²) in [5.74, 6) is -1.59. The quantitative estimate of drug-likeness (QED) is 0.878. The number of amides is 2. The second kappa shape index (κ2) is 7.09. The lowest BCUT2D eigenvalue weighted by atomic mass is 10.2. The Balaban J connectivity index is 2.62. The minimum Gasteiger partial charge on any atom is -0.480 e. The van der Waals surface area contributed by atoms with Crippen molar-refractivity contribution in [1.29, 1.82) is 0 Å². The summed E-state index contributed by atoms with van der Waals surface area (Å²) in [5, 5.41) is 11.5. The van der Waals surface area contributed by atoms with Gasteiger partial charge in [-0.15, -0.1) is 0 Å². The van der Waals surface area contributed by atoms with Crippen LogP contribution in [0.4, 0.5) is 9.18 Å². The van der Waals surface area contributed by atoms with Gasteiger partial charge in [0.2, 0.25) is 0 Å². The molecule has 0 radical (unpaired) electrons. The van der Waals surface area contributed by atoms with Crippen molar-refractivity contribution < 1.29 is 19.1 Å². The predicted octanol–water partition coefficient (Wildman–Crippen LogP) is 2.48. The number of hydrogen-bond acceptors (Lipinski definition) is 2. The fraction of sp³-hybridized carbons (Fsp3) is 0.385. The van der Waals surface area contributed by atoms with Crippen LogP contribution in [0.15, 0.2) is 18.2 Å². The first-order valence-corrected chi connectivity index (χ1v) is 6.42. The zero-order valence-corrected chi connectivity index (χ0v) is 11.9. The first kappa shape index (κ1) is 16.2. The monoisotopic (exact) mass is 302 g/mol. The smallest absolute Gasteiger partial charge is 0.326 e. The average molecular weight is 303 g/mol. The van der Waals surface area contributed by atoms with E-state index < -0.39 is 23.9 Å². The molecule has 2 N–H and O–H groups in total. The molecule has 1 aromatic rings. The number of carbonyl (C=O) groups excluding carboxylic acids is 1. The second-order valence-corrected chi connectivity index (χ2v) is 4.69. The number of aliphatic carboxylic acids is 1. The standard InChI is InChI=1S/C13H16ClFN2O3/c1-3-11(12(18)19)17(2)13(20)16-7-8-4-5-10(15)9(14)6-8/h4-6,11H,3,7H2,1-2H3,(H,16,20)(H,18,19). The third-order valence-corrected chi connectivity index (χ3v) is 3.18. The topological polar surface area (TPSA) is 69.6 Å². The molecule has 0 saturated carbocycles. The molecule has 1 rings (SSSR count).